The van der Waals surface area contributed by atoms with Crippen LogP contribution in [-0.2, 0) is 0 Å². The van der Waals surface area contributed by atoms with Crippen LogP contribution in [-0.4, -0.2) is 21.6 Å². The minimum absolute atomic E-state index is 0.429. The number of hydrogen-bond acceptors (Lipinski definition) is 3. The molecule has 0 aliphatic heterocycles. The third-order valence-electron chi connectivity index (χ3n) is 4.01. The summed E-state index contributed by atoms with van der Waals surface area (Å²) in [7, 11) is 0. The number of rotatable bonds is 2. The molecule has 0 amide bonds. The molecule has 0 aromatic carbocycles. The quantitative estimate of drug-likeness (QED) is 0.465. The van der Waals surface area contributed by atoms with Gasteiger partial charge in [-0.25, -0.2) is 0 Å². The molecule has 2 fully saturated rings. The van der Waals surface area contributed by atoms with E-state index in [-0.39, 0.29) is 0 Å². The van der Waals surface area contributed by atoms with E-state index in [0.29, 0.717) is 17.3 Å². The number of hydrogen-bond donors (Lipinski definition) is 2. The summed E-state index contributed by atoms with van der Waals surface area (Å²) in [5, 5.41) is 4.06. The van der Waals surface area contributed by atoms with Crippen LogP contribution in [0.4, 0.5) is 0 Å². The lowest BCUT2D eigenvalue weighted by Crippen LogP contribution is -2.34. The average Bonchev–Trinajstić information content (AvgIpc) is 2.40. The molecular weight excluding hydrogens is 274 g/mol. The molecule has 0 bridgehead atoms. The van der Waals surface area contributed by atoms with Gasteiger partial charge in [0.1, 0.15) is 4.32 Å². The van der Waals surface area contributed by atoms with Crippen molar-refractivity contribution < 1.29 is 0 Å². The van der Waals surface area contributed by atoms with Gasteiger partial charge in [-0.15, -0.1) is 0 Å². The minimum atomic E-state index is 0.429. The number of amidine groups is 1. The Morgan fingerprint density at radius 1 is 1.00 bits per heavy atom. The molecule has 2 saturated carbocycles. The number of nitrogens with one attached hydrogen (secondary N) is 1. The van der Waals surface area contributed by atoms with Crippen molar-refractivity contribution in [3.63, 3.8) is 0 Å². The molecule has 0 radical (unpaired) electrons. The zero-order valence-corrected chi connectivity index (χ0v) is 13.2. The van der Waals surface area contributed by atoms with Crippen LogP contribution in [0.5, 0.6) is 0 Å². The van der Waals surface area contributed by atoms with Gasteiger partial charge in [-0.1, -0.05) is 50.7 Å². The first-order chi connectivity index (χ1) is 9.24. The van der Waals surface area contributed by atoms with Crippen LogP contribution < -0.4 is 11.1 Å². The second-order valence-corrected chi connectivity index (χ2v) is 7.33. The number of thiocarbonyl (C=S) groups is 1. The lowest BCUT2D eigenvalue weighted by molar-refractivity contribution is 0.416. The van der Waals surface area contributed by atoms with Crippen LogP contribution in [0.25, 0.3) is 0 Å². The fourth-order valence-electron chi connectivity index (χ4n) is 2.95. The second kappa shape index (κ2) is 8.10. The molecule has 108 valence electrons. The first-order valence-corrected chi connectivity index (χ1v) is 8.78. The fraction of sp³-hybridized carbons (Fsp3) is 0.857. The molecule has 0 spiro atoms. The minimum Gasteiger partial charge on any atom is -0.378 e. The summed E-state index contributed by atoms with van der Waals surface area (Å²) >= 11 is 6.80. The smallest absolute Gasteiger partial charge is 0.161 e. The summed E-state index contributed by atoms with van der Waals surface area (Å²) in [6, 6.07) is 0.981. The van der Waals surface area contributed by atoms with E-state index in [0.717, 1.165) is 4.32 Å². The summed E-state index contributed by atoms with van der Waals surface area (Å²) in [4.78, 5) is 4.60. The number of nitrogens with zero attached hydrogens (tertiary/aromatic N) is 1. The maximum absolute atomic E-state index is 6.00. The van der Waals surface area contributed by atoms with Crippen LogP contribution in [0.3, 0.4) is 0 Å². The van der Waals surface area contributed by atoms with Crippen molar-refractivity contribution in [3.8, 4) is 0 Å². The predicted octanol–water partition coefficient (Wildman–Crippen LogP) is 3.57. The van der Waals surface area contributed by atoms with Crippen molar-refractivity contribution in [1.82, 2.24) is 5.32 Å². The molecule has 0 aromatic heterocycles. The van der Waals surface area contributed by atoms with Crippen LogP contribution in [0, 0.1) is 0 Å². The molecule has 0 unspecified atom stereocenters. The van der Waals surface area contributed by atoms with Gasteiger partial charge in [-0.2, -0.15) is 0 Å². The van der Waals surface area contributed by atoms with Gasteiger partial charge >= 0.3 is 0 Å². The van der Waals surface area contributed by atoms with Gasteiger partial charge in [0.15, 0.2) is 5.17 Å². The Morgan fingerprint density at radius 3 is 2.21 bits per heavy atom. The topological polar surface area (TPSA) is 50.4 Å². The Kier molecular flexibility index (Phi) is 6.44. The summed E-state index contributed by atoms with van der Waals surface area (Å²) in [6.07, 6.45) is 12.8. The van der Waals surface area contributed by atoms with Gasteiger partial charge in [-0.3, -0.25) is 4.99 Å². The van der Waals surface area contributed by atoms with Crippen molar-refractivity contribution in [2.24, 2.45) is 10.7 Å². The molecule has 19 heavy (non-hydrogen) atoms. The van der Waals surface area contributed by atoms with Crippen LogP contribution in [0.15, 0.2) is 4.99 Å². The monoisotopic (exact) mass is 299 g/mol. The highest BCUT2D eigenvalue weighted by molar-refractivity contribution is 8.32. The maximum atomic E-state index is 6.00. The molecule has 0 aromatic rings. The summed E-state index contributed by atoms with van der Waals surface area (Å²) in [5.74, 6) is 0. The lowest BCUT2D eigenvalue weighted by Gasteiger charge is -2.23. The van der Waals surface area contributed by atoms with Crippen LogP contribution in [0.2, 0.25) is 0 Å². The molecule has 0 saturated heterocycles. The van der Waals surface area contributed by atoms with Gasteiger partial charge in [-0.05, 0) is 37.4 Å². The van der Waals surface area contributed by atoms with E-state index in [4.69, 9.17) is 18.0 Å². The number of nitrogens with two attached hydrogens (primary N) is 1. The molecule has 2 rings (SSSR count). The fourth-order valence-corrected chi connectivity index (χ4v) is 3.99. The Hall–Kier alpha value is -0.290. The number of thioether (sulfide) groups is 1. The highest BCUT2D eigenvalue weighted by Gasteiger charge is 2.16. The Labute approximate surface area is 126 Å². The SMILES string of the molecule is NC(=NC1CCCCC1)SC(=S)NC1CCCCC1. The van der Waals surface area contributed by atoms with Gasteiger partial charge in [0, 0.05) is 6.04 Å². The molecular formula is C14H25N3S2. The Bertz CT molecular complexity index is 319. The maximum Gasteiger partial charge on any atom is 0.161 e. The molecule has 0 heterocycles. The van der Waals surface area contributed by atoms with Crippen molar-refractivity contribution >= 4 is 33.5 Å². The summed E-state index contributed by atoms with van der Waals surface area (Å²) in [5.41, 5.74) is 6.00. The Morgan fingerprint density at radius 2 is 1.58 bits per heavy atom. The zero-order chi connectivity index (χ0) is 13.5. The normalized spacial score (nSPS) is 23.3. The largest absolute Gasteiger partial charge is 0.378 e. The molecule has 2 aliphatic carbocycles. The second-order valence-electron chi connectivity index (χ2n) is 5.63. The highest BCUT2D eigenvalue weighted by Crippen LogP contribution is 2.22. The third kappa shape index (κ3) is 5.69. The van der Waals surface area contributed by atoms with E-state index in [1.807, 2.05) is 0 Å². The van der Waals surface area contributed by atoms with Gasteiger partial charge in [0.2, 0.25) is 0 Å². The van der Waals surface area contributed by atoms with E-state index < -0.39 is 0 Å². The Balaban J connectivity index is 1.72. The van der Waals surface area contributed by atoms with Crippen molar-refractivity contribution in [1.29, 1.82) is 0 Å². The first kappa shape index (κ1) is 15.1. The standard InChI is InChI=1S/C14H25N3S2/c15-13(16-11-7-3-1-4-8-11)19-14(18)17-12-9-5-2-6-10-12/h11-12H,1-10H2,(H2,15,16)(H,17,18). The number of aliphatic imine (C=N–C) groups is 1. The molecule has 5 heteroatoms. The molecule has 3 nitrogen and oxygen atoms in total. The van der Waals surface area contributed by atoms with Crippen LogP contribution in [0.1, 0.15) is 64.2 Å². The van der Waals surface area contributed by atoms with Crippen molar-refractivity contribution in [2.75, 3.05) is 0 Å². The van der Waals surface area contributed by atoms with E-state index in [2.05, 4.69) is 10.3 Å². The van der Waals surface area contributed by atoms with E-state index >= 15 is 0 Å². The van der Waals surface area contributed by atoms with Gasteiger partial charge in [0.25, 0.3) is 0 Å². The average molecular weight is 300 g/mol. The lowest BCUT2D eigenvalue weighted by atomic mass is 9.96. The van der Waals surface area contributed by atoms with E-state index in [1.165, 1.54) is 76.0 Å². The first-order valence-electron chi connectivity index (χ1n) is 7.55. The molecule has 2 aliphatic rings. The van der Waals surface area contributed by atoms with Crippen molar-refractivity contribution in [3.05, 3.63) is 0 Å². The predicted molar refractivity (Wildman–Crippen MR) is 88.7 cm³/mol. The van der Waals surface area contributed by atoms with Crippen LogP contribution >= 0.6 is 24.0 Å². The third-order valence-corrected chi connectivity index (χ3v) is 4.99. The van der Waals surface area contributed by atoms with Gasteiger partial charge in [0.05, 0.1) is 6.04 Å². The van der Waals surface area contributed by atoms with E-state index in [9.17, 15) is 0 Å². The molecule has 0 atom stereocenters. The highest BCUT2D eigenvalue weighted by atomic mass is 32.2. The van der Waals surface area contributed by atoms with Gasteiger partial charge < -0.3 is 11.1 Å². The zero-order valence-electron chi connectivity index (χ0n) is 11.6. The van der Waals surface area contributed by atoms with E-state index in [1.54, 1.807) is 0 Å². The molecule has 3 N–H and O–H groups in total. The summed E-state index contributed by atoms with van der Waals surface area (Å²) in [6.45, 7) is 0. The van der Waals surface area contributed by atoms with Crippen molar-refractivity contribution in [2.45, 2.75) is 76.3 Å². The summed E-state index contributed by atoms with van der Waals surface area (Å²) < 4.78 is 0.795.